The highest BCUT2D eigenvalue weighted by Crippen LogP contribution is 2.26. The van der Waals surface area contributed by atoms with Gasteiger partial charge in [-0.1, -0.05) is 6.92 Å². The van der Waals surface area contributed by atoms with E-state index in [9.17, 15) is 13.2 Å². The number of amides is 1. The van der Waals surface area contributed by atoms with Crippen molar-refractivity contribution in [1.29, 1.82) is 0 Å². The third kappa shape index (κ3) is 5.61. The van der Waals surface area contributed by atoms with Gasteiger partial charge in [-0.3, -0.25) is 9.69 Å². The zero-order valence-electron chi connectivity index (χ0n) is 14.9. The predicted octanol–water partition coefficient (Wildman–Crippen LogP) is 1.54. The van der Waals surface area contributed by atoms with Crippen LogP contribution < -0.4 is 14.8 Å². The second-order valence-electron chi connectivity index (χ2n) is 6.18. The molecule has 0 bridgehead atoms. The second-order valence-corrected chi connectivity index (χ2v) is 8.41. The first kappa shape index (κ1) is 19.5. The maximum Gasteiger partial charge on any atom is 0.238 e. The molecule has 1 aliphatic heterocycles. The Labute approximate surface area is 149 Å². The molecule has 0 aromatic heterocycles. The van der Waals surface area contributed by atoms with E-state index in [4.69, 9.17) is 9.47 Å². The zero-order chi connectivity index (χ0) is 18.4. The topological polar surface area (TPSA) is 84.9 Å². The van der Waals surface area contributed by atoms with Crippen LogP contribution in [0, 0.1) is 0 Å². The van der Waals surface area contributed by atoms with Crippen LogP contribution in [0.3, 0.4) is 0 Å². The maximum absolute atomic E-state index is 12.4. The molecule has 1 unspecified atom stereocenters. The van der Waals surface area contributed by atoms with Crippen molar-refractivity contribution >= 4 is 21.4 Å². The van der Waals surface area contributed by atoms with Crippen molar-refractivity contribution in [3.8, 4) is 11.5 Å². The lowest BCUT2D eigenvalue weighted by molar-refractivity contribution is -0.117. The van der Waals surface area contributed by atoms with Crippen LogP contribution in [0.25, 0.3) is 0 Å². The second kappa shape index (κ2) is 8.53. The summed E-state index contributed by atoms with van der Waals surface area (Å²) in [6.07, 6.45) is 1.44. The highest BCUT2D eigenvalue weighted by Gasteiger charge is 2.32. The standard InChI is InChI=1S/C17H26N2O5S/c1-4-6-19(14-5-7-25(21,22)12-14)11-17(20)18-13-8-15(23-2)10-16(9-13)24-3/h8-10,14H,4-7,11-12H2,1-3H3,(H,18,20). The van der Waals surface area contributed by atoms with Crippen LogP contribution in [0.1, 0.15) is 19.8 Å². The number of rotatable bonds is 8. The van der Waals surface area contributed by atoms with E-state index >= 15 is 0 Å². The highest BCUT2D eigenvalue weighted by molar-refractivity contribution is 7.91. The molecule has 1 fully saturated rings. The third-order valence-corrected chi connectivity index (χ3v) is 5.97. The Balaban J connectivity index is 2.04. The molecule has 1 N–H and O–H groups in total. The minimum Gasteiger partial charge on any atom is -0.497 e. The van der Waals surface area contributed by atoms with Crippen molar-refractivity contribution in [3.05, 3.63) is 18.2 Å². The molecule has 1 amide bonds. The Morgan fingerprint density at radius 1 is 1.24 bits per heavy atom. The molecule has 2 rings (SSSR count). The number of hydrogen-bond acceptors (Lipinski definition) is 6. The molecule has 1 aromatic rings. The number of nitrogens with one attached hydrogen (secondary N) is 1. The molecular weight excluding hydrogens is 344 g/mol. The van der Waals surface area contributed by atoms with Gasteiger partial charge in [0, 0.05) is 29.9 Å². The van der Waals surface area contributed by atoms with Crippen LogP contribution in [0.2, 0.25) is 0 Å². The molecule has 1 heterocycles. The van der Waals surface area contributed by atoms with Gasteiger partial charge >= 0.3 is 0 Å². The van der Waals surface area contributed by atoms with Crippen LogP contribution in [0.4, 0.5) is 5.69 Å². The van der Waals surface area contributed by atoms with Gasteiger partial charge in [0.05, 0.1) is 32.3 Å². The van der Waals surface area contributed by atoms with E-state index in [0.717, 1.165) is 6.42 Å². The average Bonchev–Trinajstić information content (AvgIpc) is 2.93. The summed E-state index contributed by atoms with van der Waals surface area (Å²) in [7, 11) is 0.113. The molecule has 1 aliphatic rings. The number of benzene rings is 1. The van der Waals surface area contributed by atoms with Gasteiger partial charge in [0.2, 0.25) is 5.91 Å². The van der Waals surface area contributed by atoms with Gasteiger partial charge in [-0.05, 0) is 19.4 Å². The maximum atomic E-state index is 12.4. The quantitative estimate of drug-likeness (QED) is 0.747. The van der Waals surface area contributed by atoms with Gasteiger partial charge in [-0.25, -0.2) is 8.42 Å². The van der Waals surface area contributed by atoms with Crippen molar-refractivity contribution < 1.29 is 22.7 Å². The SMILES string of the molecule is CCCN(CC(=O)Nc1cc(OC)cc(OC)c1)C1CCS(=O)(=O)C1. The Morgan fingerprint density at radius 3 is 2.36 bits per heavy atom. The van der Waals surface area contributed by atoms with Gasteiger partial charge < -0.3 is 14.8 Å². The van der Waals surface area contributed by atoms with Gasteiger partial charge in [-0.2, -0.15) is 0 Å². The molecule has 0 radical (unpaired) electrons. The van der Waals surface area contributed by atoms with Crippen LogP contribution in [-0.4, -0.2) is 64.1 Å². The van der Waals surface area contributed by atoms with Crippen LogP contribution in [0.5, 0.6) is 11.5 Å². The van der Waals surface area contributed by atoms with Crippen LogP contribution >= 0.6 is 0 Å². The summed E-state index contributed by atoms with van der Waals surface area (Å²) in [5.74, 6) is 1.32. The van der Waals surface area contributed by atoms with Gasteiger partial charge in [0.1, 0.15) is 11.5 Å². The lowest BCUT2D eigenvalue weighted by atomic mass is 10.2. The van der Waals surface area contributed by atoms with Crippen molar-refractivity contribution in [1.82, 2.24) is 4.90 Å². The summed E-state index contributed by atoms with van der Waals surface area (Å²) in [5, 5.41) is 2.83. The molecule has 8 heteroatoms. The van der Waals surface area contributed by atoms with Crippen molar-refractivity contribution in [3.63, 3.8) is 0 Å². The normalized spacial score (nSPS) is 19.0. The number of nitrogens with zero attached hydrogens (tertiary/aromatic N) is 1. The number of anilines is 1. The summed E-state index contributed by atoms with van der Waals surface area (Å²) >= 11 is 0. The molecule has 1 saturated heterocycles. The molecule has 7 nitrogen and oxygen atoms in total. The summed E-state index contributed by atoms with van der Waals surface area (Å²) < 4.78 is 33.8. The van der Waals surface area contributed by atoms with E-state index in [-0.39, 0.29) is 30.0 Å². The van der Waals surface area contributed by atoms with E-state index in [0.29, 0.717) is 30.2 Å². The van der Waals surface area contributed by atoms with Gasteiger partial charge in [0.15, 0.2) is 9.84 Å². The summed E-state index contributed by atoms with van der Waals surface area (Å²) in [5.41, 5.74) is 0.580. The molecular formula is C17H26N2O5S. The summed E-state index contributed by atoms with van der Waals surface area (Å²) in [4.78, 5) is 14.4. The first-order valence-electron chi connectivity index (χ1n) is 8.34. The van der Waals surface area contributed by atoms with Crippen LogP contribution in [0.15, 0.2) is 18.2 Å². The molecule has 1 atom stereocenters. The number of methoxy groups -OCH3 is 2. The Hall–Kier alpha value is -1.80. The third-order valence-electron chi connectivity index (χ3n) is 4.22. The highest BCUT2D eigenvalue weighted by atomic mass is 32.2. The van der Waals surface area contributed by atoms with Crippen molar-refractivity contribution in [2.24, 2.45) is 0 Å². The lowest BCUT2D eigenvalue weighted by Gasteiger charge is -2.26. The number of hydrogen-bond donors (Lipinski definition) is 1. The molecule has 140 valence electrons. The number of carbonyl (C=O) groups excluding carboxylic acids is 1. The predicted molar refractivity (Wildman–Crippen MR) is 97.1 cm³/mol. The van der Waals surface area contributed by atoms with Gasteiger partial charge in [-0.15, -0.1) is 0 Å². The largest absolute Gasteiger partial charge is 0.497 e. The lowest BCUT2D eigenvalue weighted by Crippen LogP contribution is -2.42. The first-order valence-corrected chi connectivity index (χ1v) is 10.2. The minimum absolute atomic E-state index is 0.0875. The first-order chi connectivity index (χ1) is 11.9. The van der Waals surface area contributed by atoms with E-state index in [1.807, 2.05) is 11.8 Å². The van der Waals surface area contributed by atoms with E-state index in [2.05, 4.69) is 5.32 Å². The monoisotopic (exact) mass is 370 g/mol. The van der Waals surface area contributed by atoms with Gasteiger partial charge in [0.25, 0.3) is 0 Å². The Morgan fingerprint density at radius 2 is 1.88 bits per heavy atom. The van der Waals surface area contributed by atoms with Crippen LogP contribution in [-0.2, 0) is 14.6 Å². The number of sulfone groups is 1. The smallest absolute Gasteiger partial charge is 0.238 e. The van der Waals surface area contributed by atoms with E-state index in [1.165, 1.54) is 0 Å². The fourth-order valence-corrected chi connectivity index (χ4v) is 4.77. The molecule has 0 spiro atoms. The molecule has 0 saturated carbocycles. The Kier molecular flexibility index (Phi) is 6.66. The molecule has 25 heavy (non-hydrogen) atoms. The summed E-state index contributed by atoms with van der Waals surface area (Å²) in [6.45, 7) is 2.86. The number of ether oxygens (including phenoxy) is 2. The fourth-order valence-electron chi connectivity index (χ4n) is 3.01. The van der Waals surface area contributed by atoms with E-state index < -0.39 is 9.84 Å². The minimum atomic E-state index is -2.98. The number of carbonyl (C=O) groups is 1. The van der Waals surface area contributed by atoms with Crippen molar-refractivity contribution in [2.75, 3.05) is 44.1 Å². The average molecular weight is 370 g/mol. The Bertz CT molecular complexity index is 683. The zero-order valence-corrected chi connectivity index (χ0v) is 15.8. The molecule has 1 aromatic carbocycles. The fraction of sp³-hybridized carbons (Fsp3) is 0.588. The summed E-state index contributed by atoms with van der Waals surface area (Å²) in [6, 6.07) is 5.06. The van der Waals surface area contributed by atoms with E-state index in [1.54, 1.807) is 32.4 Å². The molecule has 0 aliphatic carbocycles. The van der Waals surface area contributed by atoms with Crippen molar-refractivity contribution in [2.45, 2.75) is 25.8 Å².